The van der Waals surface area contributed by atoms with Crippen molar-refractivity contribution in [2.75, 3.05) is 30.9 Å². The van der Waals surface area contributed by atoms with Crippen molar-refractivity contribution in [1.29, 1.82) is 0 Å². The van der Waals surface area contributed by atoms with Crippen LogP contribution in [-0.4, -0.2) is 61.2 Å². The van der Waals surface area contributed by atoms with Crippen LogP contribution in [0.4, 0.5) is 13.2 Å². The second kappa shape index (κ2) is 12.2. The normalized spacial score (nSPS) is 17.4. The molecule has 1 fully saturated rings. The molecule has 0 saturated carbocycles. The van der Waals surface area contributed by atoms with Gasteiger partial charge < -0.3 is 13.9 Å². The lowest BCUT2D eigenvalue weighted by atomic mass is 10.1. The maximum atomic E-state index is 12.9. The number of carbonyl (C=O) groups is 1. The number of esters is 1. The number of carbonyl (C=O) groups excluding carboxylic acids is 1. The van der Waals surface area contributed by atoms with E-state index in [9.17, 15) is 26.4 Å². The van der Waals surface area contributed by atoms with Gasteiger partial charge in [-0.15, -0.1) is 0 Å². The van der Waals surface area contributed by atoms with E-state index < -0.39 is 32.8 Å². The fraction of sp³-hybridized carbons (Fsp3) is 0.407. The number of sulfone groups is 1. The molecule has 2 unspecified atom stereocenters. The third-order valence-electron chi connectivity index (χ3n) is 6.20. The van der Waals surface area contributed by atoms with Gasteiger partial charge in [-0.1, -0.05) is 12.1 Å². The zero-order valence-corrected chi connectivity index (χ0v) is 23.7. The number of rotatable bonds is 9. The summed E-state index contributed by atoms with van der Waals surface area (Å²) in [5.41, 5.74) is 0.229. The molecule has 2 atom stereocenters. The molecule has 8 nitrogen and oxygen atoms in total. The SMILES string of the molecule is CCOC(=O)C1CSCCN1Cc1cccc(OC(C)c2nc(-c3ccc(C(F)(F)F)cc3)oc2S(C)(=O)=O)c1. The average Bonchev–Trinajstić information content (AvgIpc) is 3.36. The van der Waals surface area contributed by atoms with E-state index in [-0.39, 0.29) is 29.2 Å². The zero-order chi connectivity index (χ0) is 29.1. The first-order chi connectivity index (χ1) is 18.9. The summed E-state index contributed by atoms with van der Waals surface area (Å²) in [5, 5.41) is -0.422. The summed E-state index contributed by atoms with van der Waals surface area (Å²) in [5.74, 6) is 1.60. The molecule has 1 saturated heterocycles. The number of halogens is 3. The number of nitrogens with zero attached hydrogens (tertiary/aromatic N) is 2. The highest BCUT2D eigenvalue weighted by molar-refractivity contribution is 7.99. The average molecular weight is 599 g/mol. The van der Waals surface area contributed by atoms with E-state index in [4.69, 9.17) is 13.9 Å². The van der Waals surface area contributed by atoms with Crippen LogP contribution >= 0.6 is 11.8 Å². The standard InChI is InChI=1S/C27H29F3N2O6S2/c1-4-36-25(33)22-16-39-13-12-32(22)15-18-6-5-7-21(14-18)37-17(2)23-26(40(3,34)35)38-24(31-23)19-8-10-20(11-9-19)27(28,29)30/h5-11,14,17,22H,4,12-13,15-16H2,1-3H3. The van der Waals surface area contributed by atoms with Gasteiger partial charge in [-0.2, -0.15) is 24.9 Å². The third-order valence-corrected chi connectivity index (χ3v) is 8.19. The summed E-state index contributed by atoms with van der Waals surface area (Å²) in [6.45, 7) is 4.91. The fourth-order valence-electron chi connectivity index (χ4n) is 4.26. The first-order valence-corrected chi connectivity index (χ1v) is 15.5. The Bertz CT molecular complexity index is 1440. The molecular formula is C27H29F3N2O6S2. The smallest absolute Gasteiger partial charge is 0.416 e. The van der Waals surface area contributed by atoms with Gasteiger partial charge in [-0.05, 0) is 55.8 Å². The van der Waals surface area contributed by atoms with Gasteiger partial charge in [0.25, 0.3) is 0 Å². The molecule has 1 aromatic heterocycles. The van der Waals surface area contributed by atoms with E-state index in [1.807, 2.05) is 6.07 Å². The molecule has 3 aromatic rings. The predicted molar refractivity (Wildman–Crippen MR) is 144 cm³/mol. The second-order valence-electron chi connectivity index (χ2n) is 9.26. The molecule has 216 valence electrons. The lowest BCUT2D eigenvalue weighted by Gasteiger charge is -2.33. The summed E-state index contributed by atoms with van der Waals surface area (Å²) < 4.78 is 80.6. The highest BCUT2D eigenvalue weighted by Gasteiger charge is 2.32. The molecule has 2 heterocycles. The Kier molecular flexibility index (Phi) is 9.16. The monoisotopic (exact) mass is 598 g/mol. The number of alkyl halides is 3. The van der Waals surface area contributed by atoms with E-state index in [0.717, 1.165) is 36.2 Å². The van der Waals surface area contributed by atoms with Crippen LogP contribution in [0.2, 0.25) is 0 Å². The zero-order valence-electron chi connectivity index (χ0n) is 22.1. The van der Waals surface area contributed by atoms with Gasteiger partial charge in [0.1, 0.15) is 23.6 Å². The lowest BCUT2D eigenvalue weighted by Crippen LogP contribution is -2.47. The van der Waals surface area contributed by atoms with Crippen molar-refractivity contribution in [2.24, 2.45) is 0 Å². The van der Waals surface area contributed by atoms with Gasteiger partial charge in [0.05, 0.1) is 12.2 Å². The largest absolute Gasteiger partial charge is 0.484 e. The Morgan fingerprint density at radius 2 is 1.95 bits per heavy atom. The van der Waals surface area contributed by atoms with Crippen molar-refractivity contribution in [3.05, 3.63) is 65.4 Å². The van der Waals surface area contributed by atoms with Crippen LogP contribution in [0.25, 0.3) is 11.5 Å². The minimum Gasteiger partial charge on any atom is -0.484 e. The van der Waals surface area contributed by atoms with Gasteiger partial charge in [-0.25, -0.2) is 13.4 Å². The Labute approximate surface area is 234 Å². The van der Waals surface area contributed by atoms with Gasteiger partial charge >= 0.3 is 12.1 Å². The van der Waals surface area contributed by atoms with Crippen LogP contribution in [0.1, 0.15) is 36.8 Å². The van der Waals surface area contributed by atoms with Crippen LogP contribution in [0.3, 0.4) is 0 Å². The fourth-order valence-corrected chi connectivity index (χ4v) is 6.18. The molecule has 0 N–H and O–H groups in total. The Balaban J connectivity index is 1.55. The third kappa shape index (κ3) is 7.18. The van der Waals surface area contributed by atoms with Gasteiger partial charge in [0, 0.05) is 36.4 Å². The van der Waals surface area contributed by atoms with E-state index in [0.29, 0.717) is 24.7 Å². The molecular weight excluding hydrogens is 569 g/mol. The minimum absolute atomic E-state index is 0.00164. The summed E-state index contributed by atoms with van der Waals surface area (Å²) in [6, 6.07) is 11.0. The molecule has 0 spiro atoms. The van der Waals surface area contributed by atoms with Crippen molar-refractivity contribution in [3.8, 4) is 17.2 Å². The molecule has 40 heavy (non-hydrogen) atoms. The number of benzene rings is 2. The van der Waals surface area contributed by atoms with E-state index in [1.165, 1.54) is 12.1 Å². The number of hydrogen-bond donors (Lipinski definition) is 0. The lowest BCUT2D eigenvalue weighted by molar-refractivity contribution is -0.149. The van der Waals surface area contributed by atoms with Gasteiger partial charge in [0.2, 0.25) is 20.8 Å². The molecule has 2 aromatic carbocycles. The Morgan fingerprint density at radius 3 is 2.60 bits per heavy atom. The van der Waals surface area contributed by atoms with Crippen molar-refractivity contribution >= 4 is 27.6 Å². The Morgan fingerprint density at radius 1 is 1.23 bits per heavy atom. The minimum atomic E-state index is -4.51. The number of aromatic nitrogens is 1. The van der Waals surface area contributed by atoms with Gasteiger partial charge in [0.15, 0.2) is 0 Å². The van der Waals surface area contributed by atoms with Crippen LogP contribution in [-0.2, 0) is 32.1 Å². The molecule has 1 aliphatic rings. The molecule has 0 radical (unpaired) electrons. The van der Waals surface area contributed by atoms with Crippen molar-refractivity contribution in [2.45, 2.75) is 43.8 Å². The van der Waals surface area contributed by atoms with Crippen molar-refractivity contribution in [1.82, 2.24) is 9.88 Å². The first-order valence-electron chi connectivity index (χ1n) is 12.5. The van der Waals surface area contributed by atoms with Crippen molar-refractivity contribution in [3.63, 3.8) is 0 Å². The summed E-state index contributed by atoms with van der Waals surface area (Å²) in [6.07, 6.45) is -4.43. The van der Waals surface area contributed by atoms with Crippen LogP contribution < -0.4 is 4.74 Å². The predicted octanol–water partition coefficient (Wildman–Crippen LogP) is 5.38. The highest BCUT2D eigenvalue weighted by Crippen LogP contribution is 2.34. The molecule has 13 heteroatoms. The quantitative estimate of drug-likeness (QED) is 0.301. The number of oxazole rings is 1. The van der Waals surface area contributed by atoms with Crippen LogP contribution in [0.15, 0.2) is 58.0 Å². The van der Waals surface area contributed by atoms with Crippen LogP contribution in [0, 0.1) is 0 Å². The highest BCUT2D eigenvalue weighted by atomic mass is 32.2. The summed E-state index contributed by atoms with van der Waals surface area (Å²) in [4.78, 5) is 18.8. The molecule has 0 aliphatic carbocycles. The molecule has 4 rings (SSSR count). The Hall–Kier alpha value is -3.03. The number of thioether (sulfide) groups is 1. The van der Waals surface area contributed by atoms with E-state index >= 15 is 0 Å². The molecule has 0 amide bonds. The number of ether oxygens (including phenoxy) is 2. The van der Waals surface area contributed by atoms with Crippen LogP contribution in [0.5, 0.6) is 5.75 Å². The maximum Gasteiger partial charge on any atom is 0.416 e. The molecule has 1 aliphatic heterocycles. The number of hydrogen-bond acceptors (Lipinski definition) is 9. The topological polar surface area (TPSA) is 98.9 Å². The second-order valence-corrected chi connectivity index (χ2v) is 12.3. The van der Waals surface area contributed by atoms with Crippen molar-refractivity contribution < 1.29 is 40.3 Å². The summed E-state index contributed by atoms with van der Waals surface area (Å²) in [7, 11) is -3.88. The van der Waals surface area contributed by atoms with E-state index in [2.05, 4.69) is 9.88 Å². The van der Waals surface area contributed by atoms with Gasteiger partial charge in [-0.3, -0.25) is 9.69 Å². The first kappa shape index (κ1) is 29.9. The van der Waals surface area contributed by atoms with E-state index in [1.54, 1.807) is 43.8 Å². The molecule has 0 bridgehead atoms. The maximum absolute atomic E-state index is 12.9. The summed E-state index contributed by atoms with van der Waals surface area (Å²) >= 11 is 1.70.